The zero-order chi connectivity index (χ0) is 16.7. The first kappa shape index (κ1) is 17.8. The summed E-state index contributed by atoms with van der Waals surface area (Å²) >= 11 is 3.55. The number of benzene rings is 2. The van der Waals surface area contributed by atoms with Crippen LogP contribution in [0.2, 0.25) is 0 Å². The zero-order valence-corrected chi connectivity index (χ0v) is 15.0. The first-order valence-electron chi connectivity index (χ1n) is 7.50. The summed E-state index contributed by atoms with van der Waals surface area (Å²) < 4.78 is 12.2. The summed E-state index contributed by atoms with van der Waals surface area (Å²) in [5.74, 6) is 1.38. The predicted octanol–water partition coefficient (Wildman–Crippen LogP) is 3.43. The molecule has 2 N–H and O–H groups in total. The number of methoxy groups -OCH3 is 1. The molecule has 0 bridgehead atoms. The normalized spacial score (nSPS) is 10.6. The van der Waals surface area contributed by atoms with Gasteiger partial charge in [-0.2, -0.15) is 0 Å². The molecule has 0 unspecified atom stereocenters. The van der Waals surface area contributed by atoms with Crippen LogP contribution in [0.1, 0.15) is 16.7 Å². The SMILES string of the molecule is COc1cc(CNCCO)cc(Br)c1OCc1ccc(C)cc1. The van der Waals surface area contributed by atoms with Crippen molar-refractivity contribution in [3.05, 3.63) is 57.6 Å². The van der Waals surface area contributed by atoms with E-state index in [4.69, 9.17) is 14.6 Å². The highest BCUT2D eigenvalue weighted by Gasteiger charge is 2.12. The molecule has 2 aromatic carbocycles. The summed E-state index contributed by atoms with van der Waals surface area (Å²) in [6.45, 7) is 3.89. The van der Waals surface area contributed by atoms with E-state index in [2.05, 4.69) is 52.4 Å². The van der Waals surface area contributed by atoms with Crippen molar-refractivity contribution in [2.45, 2.75) is 20.1 Å². The number of nitrogens with one attached hydrogen (secondary N) is 1. The Morgan fingerprint density at radius 2 is 1.87 bits per heavy atom. The van der Waals surface area contributed by atoms with Crippen molar-refractivity contribution in [3.63, 3.8) is 0 Å². The minimum absolute atomic E-state index is 0.121. The Hall–Kier alpha value is -1.56. The van der Waals surface area contributed by atoms with Gasteiger partial charge >= 0.3 is 0 Å². The highest BCUT2D eigenvalue weighted by atomic mass is 79.9. The topological polar surface area (TPSA) is 50.7 Å². The van der Waals surface area contributed by atoms with E-state index in [9.17, 15) is 0 Å². The fraction of sp³-hybridized carbons (Fsp3) is 0.333. The van der Waals surface area contributed by atoms with Gasteiger partial charge in [0.25, 0.3) is 0 Å². The Balaban J connectivity index is 2.09. The van der Waals surface area contributed by atoms with Crippen LogP contribution < -0.4 is 14.8 Å². The minimum Gasteiger partial charge on any atom is -0.493 e. The Morgan fingerprint density at radius 3 is 2.52 bits per heavy atom. The van der Waals surface area contributed by atoms with Gasteiger partial charge in [-0.3, -0.25) is 0 Å². The lowest BCUT2D eigenvalue weighted by atomic mass is 10.1. The Morgan fingerprint density at radius 1 is 1.13 bits per heavy atom. The lowest BCUT2D eigenvalue weighted by molar-refractivity contribution is 0.282. The third-order valence-electron chi connectivity index (χ3n) is 3.41. The fourth-order valence-electron chi connectivity index (χ4n) is 2.17. The van der Waals surface area contributed by atoms with Crippen LogP contribution in [-0.2, 0) is 13.2 Å². The number of hydrogen-bond donors (Lipinski definition) is 2. The molecule has 0 saturated carbocycles. The molecule has 0 radical (unpaired) electrons. The van der Waals surface area contributed by atoms with Gasteiger partial charge < -0.3 is 19.9 Å². The molecular formula is C18H22BrNO3. The molecular weight excluding hydrogens is 358 g/mol. The van der Waals surface area contributed by atoms with E-state index in [0.717, 1.165) is 15.6 Å². The second-order valence-corrected chi connectivity index (χ2v) is 6.14. The highest BCUT2D eigenvalue weighted by Crippen LogP contribution is 2.37. The molecule has 0 aliphatic heterocycles. The van der Waals surface area contributed by atoms with Gasteiger partial charge in [0, 0.05) is 13.1 Å². The van der Waals surface area contributed by atoms with Crippen LogP contribution in [0.3, 0.4) is 0 Å². The maximum Gasteiger partial charge on any atom is 0.175 e. The summed E-state index contributed by atoms with van der Waals surface area (Å²) in [5.41, 5.74) is 3.40. The average molecular weight is 380 g/mol. The number of aryl methyl sites for hydroxylation is 1. The maximum absolute atomic E-state index is 8.82. The lowest BCUT2D eigenvalue weighted by Crippen LogP contribution is -2.17. The van der Waals surface area contributed by atoms with E-state index >= 15 is 0 Å². The first-order chi connectivity index (χ1) is 11.1. The van der Waals surface area contributed by atoms with Crippen LogP contribution in [-0.4, -0.2) is 25.4 Å². The molecule has 0 aliphatic rings. The summed E-state index contributed by atoms with van der Waals surface area (Å²) in [6, 6.07) is 12.2. The third kappa shape index (κ3) is 5.23. The number of ether oxygens (including phenoxy) is 2. The quantitative estimate of drug-likeness (QED) is 0.689. The molecule has 0 aromatic heterocycles. The van der Waals surface area contributed by atoms with Gasteiger partial charge in [0.05, 0.1) is 18.2 Å². The number of aliphatic hydroxyl groups is 1. The first-order valence-corrected chi connectivity index (χ1v) is 8.29. The van der Waals surface area contributed by atoms with E-state index in [1.807, 2.05) is 12.1 Å². The van der Waals surface area contributed by atoms with Gasteiger partial charge in [-0.25, -0.2) is 0 Å². The summed E-state index contributed by atoms with van der Waals surface area (Å²) in [5, 5.41) is 12.0. The smallest absolute Gasteiger partial charge is 0.175 e. The van der Waals surface area contributed by atoms with Crippen molar-refractivity contribution in [2.75, 3.05) is 20.3 Å². The predicted molar refractivity (Wildman–Crippen MR) is 95.0 cm³/mol. The number of hydrogen-bond acceptors (Lipinski definition) is 4. The number of aliphatic hydroxyl groups excluding tert-OH is 1. The highest BCUT2D eigenvalue weighted by molar-refractivity contribution is 9.10. The molecule has 2 rings (SSSR count). The number of halogens is 1. The van der Waals surface area contributed by atoms with Gasteiger partial charge in [0.15, 0.2) is 11.5 Å². The van der Waals surface area contributed by atoms with Crippen LogP contribution in [0.25, 0.3) is 0 Å². The molecule has 4 nitrogen and oxygen atoms in total. The van der Waals surface area contributed by atoms with Crippen molar-refractivity contribution in [3.8, 4) is 11.5 Å². The van der Waals surface area contributed by atoms with Gasteiger partial charge in [0.2, 0.25) is 0 Å². The van der Waals surface area contributed by atoms with Crippen molar-refractivity contribution in [1.82, 2.24) is 5.32 Å². The minimum atomic E-state index is 0.121. The number of rotatable bonds is 8. The Kier molecular flexibility index (Phi) is 6.89. The molecule has 0 spiro atoms. The van der Waals surface area contributed by atoms with Crippen molar-refractivity contribution < 1.29 is 14.6 Å². The molecule has 0 heterocycles. The second kappa shape index (κ2) is 8.91. The molecule has 0 fully saturated rings. The van der Waals surface area contributed by atoms with Gasteiger partial charge in [-0.1, -0.05) is 29.8 Å². The van der Waals surface area contributed by atoms with Gasteiger partial charge in [0.1, 0.15) is 6.61 Å². The van der Waals surface area contributed by atoms with Crippen LogP contribution in [0.4, 0.5) is 0 Å². The van der Waals surface area contributed by atoms with E-state index in [0.29, 0.717) is 31.2 Å². The Bertz CT molecular complexity index is 629. The summed E-state index contributed by atoms with van der Waals surface area (Å²) in [4.78, 5) is 0. The molecule has 124 valence electrons. The van der Waals surface area contributed by atoms with E-state index in [-0.39, 0.29) is 6.61 Å². The molecule has 0 atom stereocenters. The Labute approximate surface area is 145 Å². The second-order valence-electron chi connectivity index (χ2n) is 5.28. The van der Waals surface area contributed by atoms with Gasteiger partial charge in [-0.15, -0.1) is 0 Å². The van der Waals surface area contributed by atoms with Crippen LogP contribution >= 0.6 is 15.9 Å². The molecule has 0 amide bonds. The molecule has 5 heteroatoms. The van der Waals surface area contributed by atoms with Crippen LogP contribution in [0.5, 0.6) is 11.5 Å². The molecule has 0 saturated heterocycles. The van der Waals surface area contributed by atoms with E-state index < -0.39 is 0 Å². The standard InChI is InChI=1S/C18H22BrNO3/c1-13-3-5-14(6-4-13)12-23-18-16(19)9-15(10-17(18)22-2)11-20-7-8-21/h3-6,9-10,20-21H,7-8,11-12H2,1-2H3. The molecule has 2 aromatic rings. The monoisotopic (exact) mass is 379 g/mol. The average Bonchev–Trinajstić information content (AvgIpc) is 2.55. The molecule has 0 aliphatic carbocycles. The van der Waals surface area contributed by atoms with Crippen LogP contribution in [0.15, 0.2) is 40.9 Å². The lowest BCUT2D eigenvalue weighted by Gasteiger charge is -2.15. The van der Waals surface area contributed by atoms with Crippen molar-refractivity contribution in [2.24, 2.45) is 0 Å². The fourth-order valence-corrected chi connectivity index (χ4v) is 2.77. The molecule has 23 heavy (non-hydrogen) atoms. The third-order valence-corrected chi connectivity index (χ3v) is 4.00. The maximum atomic E-state index is 8.82. The summed E-state index contributed by atoms with van der Waals surface area (Å²) in [6.07, 6.45) is 0. The van der Waals surface area contributed by atoms with Crippen molar-refractivity contribution in [1.29, 1.82) is 0 Å². The van der Waals surface area contributed by atoms with E-state index in [1.54, 1.807) is 7.11 Å². The van der Waals surface area contributed by atoms with E-state index in [1.165, 1.54) is 5.56 Å². The largest absolute Gasteiger partial charge is 0.493 e. The van der Waals surface area contributed by atoms with Crippen molar-refractivity contribution >= 4 is 15.9 Å². The van der Waals surface area contributed by atoms with Crippen LogP contribution in [0, 0.1) is 6.92 Å². The van der Waals surface area contributed by atoms with Gasteiger partial charge in [-0.05, 0) is 46.1 Å². The summed E-state index contributed by atoms with van der Waals surface area (Å²) in [7, 11) is 1.63. The zero-order valence-electron chi connectivity index (χ0n) is 13.4.